The van der Waals surface area contributed by atoms with E-state index in [9.17, 15) is 4.79 Å². The van der Waals surface area contributed by atoms with Gasteiger partial charge in [0.05, 0.1) is 11.3 Å². The van der Waals surface area contributed by atoms with E-state index in [1.807, 2.05) is 71.3 Å². The van der Waals surface area contributed by atoms with Crippen molar-refractivity contribution in [2.24, 2.45) is 0 Å². The summed E-state index contributed by atoms with van der Waals surface area (Å²) in [5.41, 5.74) is 4.61. The van der Waals surface area contributed by atoms with Crippen LogP contribution in [0.5, 0.6) is 0 Å². The van der Waals surface area contributed by atoms with Crippen LogP contribution in [0.25, 0.3) is 28.1 Å². The molecule has 3 aromatic carbocycles. The zero-order chi connectivity index (χ0) is 24.2. The smallest absolute Gasteiger partial charge is 0.234 e. The third-order valence-corrected chi connectivity index (χ3v) is 6.97. The highest BCUT2D eigenvalue weighted by Gasteiger charge is 2.21. The molecule has 1 unspecified atom stereocenters. The molecule has 0 saturated heterocycles. The fraction of sp³-hybridized carbons (Fsp3) is 0.185. The number of amides is 1. The molecule has 0 aliphatic rings. The van der Waals surface area contributed by atoms with Crippen molar-refractivity contribution < 1.29 is 4.79 Å². The number of rotatable bonds is 8. The molecule has 0 aliphatic heterocycles. The quantitative estimate of drug-likeness (QED) is 0.263. The standard InChI is InChI=1S/C27H26N6OS/c1-3-18(2)19-13-15-20(16-14-19)28-24(34)17-35-27-32-31-26(33(27)21-9-5-4-6-10-21)25-22-11-7-8-12-23(22)29-30-25/h4-16,18H,3,17H2,1-2H3,(H,28,34)(H,29,30). The third-order valence-electron chi connectivity index (χ3n) is 6.04. The Bertz CT molecular complexity index is 1440. The van der Waals surface area contributed by atoms with Gasteiger partial charge in [0.25, 0.3) is 0 Å². The monoisotopic (exact) mass is 482 g/mol. The molecule has 0 saturated carbocycles. The summed E-state index contributed by atoms with van der Waals surface area (Å²) in [6.45, 7) is 4.37. The molecule has 2 heterocycles. The molecule has 5 aromatic rings. The Morgan fingerprint density at radius 1 is 1.00 bits per heavy atom. The highest BCUT2D eigenvalue weighted by Crippen LogP contribution is 2.31. The van der Waals surface area contributed by atoms with E-state index in [2.05, 4.69) is 51.7 Å². The van der Waals surface area contributed by atoms with Gasteiger partial charge in [0.1, 0.15) is 5.69 Å². The number of H-pyrrole nitrogens is 1. The Kier molecular flexibility index (Phi) is 6.63. The van der Waals surface area contributed by atoms with Crippen LogP contribution < -0.4 is 5.32 Å². The number of anilines is 1. The Balaban J connectivity index is 1.38. The molecule has 8 heteroatoms. The van der Waals surface area contributed by atoms with Crippen molar-refractivity contribution in [3.63, 3.8) is 0 Å². The van der Waals surface area contributed by atoms with Gasteiger partial charge in [-0.1, -0.05) is 74.1 Å². The SMILES string of the molecule is CCC(C)c1ccc(NC(=O)CSc2nnc(-c3n[nH]c4ccccc34)n2-c2ccccc2)cc1. The first-order chi connectivity index (χ1) is 17.1. The zero-order valence-corrected chi connectivity index (χ0v) is 20.4. The van der Waals surface area contributed by atoms with E-state index in [0.29, 0.717) is 16.9 Å². The van der Waals surface area contributed by atoms with Gasteiger partial charge >= 0.3 is 0 Å². The molecular formula is C27H26N6OS. The minimum Gasteiger partial charge on any atom is -0.325 e. The number of hydrogen-bond acceptors (Lipinski definition) is 5. The predicted molar refractivity (Wildman–Crippen MR) is 141 cm³/mol. The van der Waals surface area contributed by atoms with Crippen molar-refractivity contribution in [1.29, 1.82) is 0 Å². The number of hydrogen-bond donors (Lipinski definition) is 2. The minimum atomic E-state index is -0.0966. The van der Waals surface area contributed by atoms with Crippen molar-refractivity contribution in [1.82, 2.24) is 25.0 Å². The average Bonchev–Trinajstić information content (AvgIpc) is 3.52. The first-order valence-electron chi connectivity index (χ1n) is 11.6. The Labute approximate surface area is 208 Å². The topological polar surface area (TPSA) is 88.5 Å². The Hall–Kier alpha value is -3.91. The number of carbonyl (C=O) groups is 1. The summed E-state index contributed by atoms with van der Waals surface area (Å²) in [4.78, 5) is 12.7. The normalized spacial score (nSPS) is 12.1. The van der Waals surface area contributed by atoms with Crippen molar-refractivity contribution in [2.45, 2.75) is 31.3 Å². The van der Waals surface area contributed by atoms with E-state index in [-0.39, 0.29) is 11.7 Å². The van der Waals surface area contributed by atoms with Crippen LogP contribution >= 0.6 is 11.8 Å². The average molecular weight is 483 g/mol. The highest BCUT2D eigenvalue weighted by atomic mass is 32.2. The molecule has 0 aliphatic carbocycles. The van der Waals surface area contributed by atoms with Gasteiger partial charge in [-0.15, -0.1) is 10.2 Å². The van der Waals surface area contributed by atoms with Gasteiger partial charge in [0, 0.05) is 16.8 Å². The summed E-state index contributed by atoms with van der Waals surface area (Å²) in [6, 6.07) is 25.8. The summed E-state index contributed by atoms with van der Waals surface area (Å²) in [5, 5.41) is 21.0. The van der Waals surface area contributed by atoms with Crippen LogP contribution in [0.1, 0.15) is 31.7 Å². The maximum absolute atomic E-state index is 12.7. The summed E-state index contributed by atoms with van der Waals surface area (Å²) in [6.07, 6.45) is 1.08. The van der Waals surface area contributed by atoms with Crippen LogP contribution in [-0.2, 0) is 4.79 Å². The molecule has 0 bridgehead atoms. The van der Waals surface area contributed by atoms with Gasteiger partial charge < -0.3 is 5.32 Å². The number of aromatic amines is 1. The van der Waals surface area contributed by atoms with Gasteiger partial charge in [-0.25, -0.2) is 0 Å². The minimum absolute atomic E-state index is 0.0966. The molecule has 2 N–H and O–H groups in total. The van der Waals surface area contributed by atoms with E-state index in [1.54, 1.807) is 0 Å². The molecular weight excluding hydrogens is 456 g/mol. The van der Waals surface area contributed by atoms with Crippen molar-refractivity contribution in [2.75, 3.05) is 11.1 Å². The van der Waals surface area contributed by atoms with E-state index in [1.165, 1.54) is 17.3 Å². The van der Waals surface area contributed by atoms with Gasteiger partial charge in [-0.2, -0.15) is 5.10 Å². The van der Waals surface area contributed by atoms with Crippen LogP contribution in [0.4, 0.5) is 5.69 Å². The van der Waals surface area contributed by atoms with Crippen molar-refractivity contribution in [3.8, 4) is 17.2 Å². The Morgan fingerprint density at radius 3 is 2.51 bits per heavy atom. The molecule has 0 fully saturated rings. The molecule has 176 valence electrons. The van der Waals surface area contributed by atoms with Crippen LogP contribution in [-0.4, -0.2) is 36.6 Å². The predicted octanol–water partition coefficient (Wildman–Crippen LogP) is 6.05. The molecule has 35 heavy (non-hydrogen) atoms. The number of nitrogens with zero attached hydrogens (tertiary/aromatic N) is 4. The lowest BCUT2D eigenvalue weighted by molar-refractivity contribution is -0.113. The third kappa shape index (κ3) is 4.83. The summed E-state index contributed by atoms with van der Waals surface area (Å²) in [5.74, 6) is 1.23. The zero-order valence-electron chi connectivity index (χ0n) is 19.6. The first kappa shape index (κ1) is 22.9. The number of carbonyl (C=O) groups excluding carboxylic acids is 1. The van der Waals surface area contributed by atoms with Gasteiger partial charge in [-0.05, 0) is 48.2 Å². The van der Waals surface area contributed by atoms with Gasteiger partial charge in [0.15, 0.2) is 11.0 Å². The van der Waals surface area contributed by atoms with Crippen molar-refractivity contribution in [3.05, 3.63) is 84.4 Å². The molecule has 1 amide bonds. The van der Waals surface area contributed by atoms with E-state index in [4.69, 9.17) is 0 Å². The number of benzene rings is 3. The summed E-state index contributed by atoms with van der Waals surface area (Å²) < 4.78 is 1.95. The molecule has 0 radical (unpaired) electrons. The molecule has 0 spiro atoms. The lowest BCUT2D eigenvalue weighted by Crippen LogP contribution is -2.14. The lowest BCUT2D eigenvalue weighted by atomic mass is 9.99. The maximum atomic E-state index is 12.7. The highest BCUT2D eigenvalue weighted by molar-refractivity contribution is 7.99. The first-order valence-corrected chi connectivity index (χ1v) is 12.6. The number of thioether (sulfide) groups is 1. The summed E-state index contributed by atoms with van der Waals surface area (Å²) in [7, 11) is 0. The number of nitrogens with one attached hydrogen (secondary N) is 2. The fourth-order valence-corrected chi connectivity index (χ4v) is 4.67. The second kappa shape index (κ2) is 10.1. The lowest BCUT2D eigenvalue weighted by Gasteiger charge is -2.11. The van der Waals surface area contributed by atoms with E-state index < -0.39 is 0 Å². The largest absolute Gasteiger partial charge is 0.325 e. The Morgan fingerprint density at radius 2 is 1.74 bits per heavy atom. The van der Waals surface area contributed by atoms with E-state index >= 15 is 0 Å². The van der Waals surface area contributed by atoms with Crippen LogP contribution in [0.15, 0.2) is 84.0 Å². The van der Waals surface area contributed by atoms with Crippen LogP contribution in [0, 0.1) is 0 Å². The number of para-hydroxylation sites is 2. The van der Waals surface area contributed by atoms with Gasteiger partial charge in [-0.3, -0.25) is 14.5 Å². The second-order valence-electron chi connectivity index (χ2n) is 8.36. The van der Waals surface area contributed by atoms with Crippen molar-refractivity contribution >= 4 is 34.3 Å². The number of fused-ring (bicyclic) bond motifs is 1. The van der Waals surface area contributed by atoms with Gasteiger partial charge in [0.2, 0.25) is 5.91 Å². The molecule has 5 rings (SSSR count). The van der Waals surface area contributed by atoms with Crippen LogP contribution in [0.3, 0.4) is 0 Å². The fourth-order valence-electron chi connectivity index (χ4n) is 3.92. The molecule has 7 nitrogen and oxygen atoms in total. The molecule has 1 atom stereocenters. The van der Waals surface area contributed by atoms with E-state index in [0.717, 1.165) is 34.4 Å². The second-order valence-corrected chi connectivity index (χ2v) is 9.31. The molecule has 2 aromatic heterocycles. The summed E-state index contributed by atoms with van der Waals surface area (Å²) >= 11 is 1.34. The van der Waals surface area contributed by atoms with Crippen LogP contribution in [0.2, 0.25) is 0 Å². The maximum Gasteiger partial charge on any atom is 0.234 e. The number of aromatic nitrogens is 5.